The predicted molar refractivity (Wildman–Crippen MR) is 97.8 cm³/mol. The van der Waals surface area contributed by atoms with E-state index in [9.17, 15) is 18.0 Å². The van der Waals surface area contributed by atoms with Gasteiger partial charge in [0.15, 0.2) is 5.04 Å². The van der Waals surface area contributed by atoms with E-state index < -0.39 is 15.9 Å². The number of carbonyl (C=O) groups is 2. The lowest BCUT2D eigenvalue weighted by Gasteiger charge is -2.03. The Hall–Kier alpha value is -2.85. The number of carbonyl (C=O) groups excluding carboxylic acids is 2. The molecule has 0 aliphatic carbocycles. The second-order valence-corrected chi connectivity index (χ2v) is 7.79. The van der Waals surface area contributed by atoms with Gasteiger partial charge in [-0.05, 0) is 48.2 Å². The van der Waals surface area contributed by atoms with Crippen LogP contribution in [0.25, 0.3) is 6.08 Å². The van der Waals surface area contributed by atoms with Crippen LogP contribution in [0, 0.1) is 0 Å². The number of anilines is 1. The molecule has 1 aliphatic heterocycles. The molecule has 1 saturated heterocycles. The van der Waals surface area contributed by atoms with Crippen LogP contribution in [0.15, 0.2) is 61.4 Å². The lowest BCUT2D eigenvalue weighted by atomic mass is 10.3. The van der Waals surface area contributed by atoms with E-state index in [4.69, 9.17) is 4.42 Å². The van der Waals surface area contributed by atoms with Crippen LogP contribution in [0.5, 0.6) is 0 Å². The van der Waals surface area contributed by atoms with Gasteiger partial charge in [-0.25, -0.2) is 0 Å². The lowest BCUT2D eigenvalue weighted by molar-refractivity contribution is -0.114. The molecule has 2 amide bonds. The summed E-state index contributed by atoms with van der Waals surface area (Å²) in [4.78, 5) is 22.9. The summed E-state index contributed by atoms with van der Waals surface area (Å²) < 4.78 is 33.5. The molecule has 2 aromatic rings. The van der Waals surface area contributed by atoms with Crippen molar-refractivity contribution in [3.8, 4) is 0 Å². The van der Waals surface area contributed by atoms with Crippen molar-refractivity contribution in [1.82, 2.24) is 5.32 Å². The lowest BCUT2D eigenvalue weighted by Crippen LogP contribution is -2.19. The molecule has 0 bridgehead atoms. The number of nitrogens with zero attached hydrogens (tertiary/aromatic N) is 1. The van der Waals surface area contributed by atoms with Gasteiger partial charge in [0.2, 0.25) is 5.91 Å². The molecule has 10 heteroatoms. The number of sulfonamides is 1. The summed E-state index contributed by atoms with van der Waals surface area (Å²) in [6, 6.07) is 8.89. The summed E-state index contributed by atoms with van der Waals surface area (Å²) in [6.45, 7) is 1.35. The number of hydrogen-bond donors (Lipinski definition) is 2. The summed E-state index contributed by atoms with van der Waals surface area (Å²) in [7, 11) is -4.06. The van der Waals surface area contributed by atoms with Crippen LogP contribution in [0.4, 0.5) is 5.69 Å². The van der Waals surface area contributed by atoms with Crippen molar-refractivity contribution in [1.29, 1.82) is 0 Å². The average Bonchev–Trinajstić information content (AvgIpc) is 3.18. The first kappa shape index (κ1) is 18.0. The van der Waals surface area contributed by atoms with E-state index in [0.717, 1.165) is 11.8 Å². The molecule has 1 aliphatic rings. The number of nitrogens with one attached hydrogen (secondary N) is 2. The van der Waals surface area contributed by atoms with Crippen molar-refractivity contribution in [2.45, 2.75) is 11.8 Å². The molecule has 2 heterocycles. The van der Waals surface area contributed by atoms with Gasteiger partial charge in [-0.1, -0.05) is 0 Å². The van der Waals surface area contributed by atoms with E-state index in [0.29, 0.717) is 16.5 Å². The molecule has 2 N–H and O–H groups in total. The first-order valence-corrected chi connectivity index (χ1v) is 9.56. The van der Waals surface area contributed by atoms with Crippen molar-refractivity contribution < 1.29 is 22.4 Å². The van der Waals surface area contributed by atoms with Gasteiger partial charge in [-0.2, -0.15) is 8.42 Å². The third kappa shape index (κ3) is 4.21. The van der Waals surface area contributed by atoms with Gasteiger partial charge in [0.25, 0.3) is 15.9 Å². The van der Waals surface area contributed by atoms with Gasteiger partial charge >= 0.3 is 0 Å². The second kappa shape index (κ2) is 7.18. The Bertz CT molecular complexity index is 1010. The number of amides is 2. The molecule has 0 spiro atoms. The Balaban J connectivity index is 1.81. The molecular formula is C16H13N3O5S2. The van der Waals surface area contributed by atoms with Crippen LogP contribution >= 0.6 is 11.8 Å². The highest BCUT2D eigenvalue weighted by molar-refractivity contribution is 8.20. The zero-order valence-electron chi connectivity index (χ0n) is 13.4. The normalized spacial score (nSPS) is 17.5. The fraction of sp³-hybridized carbons (Fsp3) is 0.0625. The Kier molecular flexibility index (Phi) is 4.96. The molecule has 134 valence electrons. The maximum atomic E-state index is 12.4. The molecule has 3 rings (SSSR count). The van der Waals surface area contributed by atoms with E-state index in [1.807, 2.05) is 0 Å². The van der Waals surface area contributed by atoms with Gasteiger partial charge in [-0.15, -0.1) is 4.40 Å². The third-order valence-corrected chi connectivity index (χ3v) is 5.45. The Morgan fingerprint density at radius 3 is 2.62 bits per heavy atom. The van der Waals surface area contributed by atoms with Crippen LogP contribution in [0.2, 0.25) is 0 Å². The minimum Gasteiger partial charge on any atom is -0.465 e. The highest BCUT2D eigenvalue weighted by Gasteiger charge is 2.27. The Labute approximate surface area is 153 Å². The van der Waals surface area contributed by atoms with Crippen LogP contribution in [0.3, 0.4) is 0 Å². The monoisotopic (exact) mass is 391 g/mol. The van der Waals surface area contributed by atoms with E-state index in [-0.39, 0.29) is 15.8 Å². The van der Waals surface area contributed by atoms with Crippen LogP contribution in [-0.4, -0.2) is 25.3 Å². The molecule has 1 aromatic carbocycles. The van der Waals surface area contributed by atoms with Gasteiger partial charge in [0.1, 0.15) is 5.76 Å². The van der Waals surface area contributed by atoms with Gasteiger partial charge in [-0.3, -0.25) is 9.59 Å². The van der Waals surface area contributed by atoms with Crippen LogP contribution < -0.4 is 10.6 Å². The SMILES string of the molecule is CC(=O)Nc1ccc(S(=O)(=O)N=C2SC(=Cc3ccco3)NC2=O)cc1. The first-order valence-electron chi connectivity index (χ1n) is 7.30. The minimum absolute atomic E-state index is 0.0871. The van der Waals surface area contributed by atoms with Crippen molar-refractivity contribution in [2.75, 3.05) is 5.32 Å². The van der Waals surface area contributed by atoms with Crippen LogP contribution in [0.1, 0.15) is 12.7 Å². The predicted octanol–water partition coefficient (Wildman–Crippen LogP) is 2.19. The summed E-state index contributed by atoms with van der Waals surface area (Å²) in [5.74, 6) is -0.354. The van der Waals surface area contributed by atoms with Gasteiger partial charge < -0.3 is 15.1 Å². The number of hydrogen-bond acceptors (Lipinski definition) is 6. The fourth-order valence-electron chi connectivity index (χ4n) is 2.04. The maximum Gasteiger partial charge on any atom is 0.283 e. The average molecular weight is 391 g/mol. The number of benzene rings is 1. The Morgan fingerprint density at radius 1 is 1.27 bits per heavy atom. The number of thioether (sulfide) groups is 1. The Morgan fingerprint density at radius 2 is 2.00 bits per heavy atom. The van der Waals surface area contributed by atoms with Crippen molar-refractivity contribution in [3.05, 3.63) is 53.5 Å². The highest BCUT2D eigenvalue weighted by atomic mass is 32.2. The molecule has 8 nitrogen and oxygen atoms in total. The standard InChI is InChI=1S/C16H13N3O5S2/c1-10(20)17-11-4-6-13(7-5-11)26(22,23)19-16-15(21)18-14(25-16)9-12-3-2-8-24-12/h2-9H,1H3,(H,17,20)(H,18,21). The summed E-state index contributed by atoms with van der Waals surface area (Å²) >= 11 is 0.904. The zero-order chi connectivity index (χ0) is 18.7. The van der Waals surface area contributed by atoms with E-state index in [2.05, 4.69) is 15.0 Å². The molecule has 0 saturated carbocycles. The first-order chi connectivity index (χ1) is 12.3. The van der Waals surface area contributed by atoms with Gasteiger partial charge in [0.05, 0.1) is 16.2 Å². The van der Waals surface area contributed by atoms with Crippen LogP contribution in [-0.2, 0) is 19.6 Å². The van der Waals surface area contributed by atoms with E-state index in [1.54, 1.807) is 18.2 Å². The van der Waals surface area contributed by atoms with Crippen molar-refractivity contribution >= 4 is 50.4 Å². The quantitative estimate of drug-likeness (QED) is 0.825. The van der Waals surface area contributed by atoms with Crippen molar-refractivity contribution in [3.63, 3.8) is 0 Å². The summed E-state index contributed by atoms with van der Waals surface area (Å²) in [5, 5.41) is 5.30. The second-order valence-electron chi connectivity index (χ2n) is 5.16. The molecule has 1 fully saturated rings. The molecular weight excluding hydrogens is 378 g/mol. The zero-order valence-corrected chi connectivity index (χ0v) is 15.1. The van der Waals surface area contributed by atoms with E-state index in [1.165, 1.54) is 37.5 Å². The highest BCUT2D eigenvalue weighted by Crippen LogP contribution is 2.27. The molecule has 0 unspecified atom stereocenters. The smallest absolute Gasteiger partial charge is 0.283 e. The molecule has 0 atom stereocenters. The van der Waals surface area contributed by atoms with Crippen molar-refractivity contribution in [2.24, 2.45) is 4.40 Å². The largest absolute Gasteiger partial charge is 0.465 e. The number of furan rings is 1. The van der Waals surface area contributed by atoms with E-state index >= 15 is 0 Å². The third-order valence-electron chi connectivity index (χ3n) is 3.13. The number of rotatable bonds is 4. The fourth-order valence-corrected chi connectivity index (χ4v) is 4.05. The molecule has 0 radical (unpaired) electrons. The minimum atomic E-state index is -4.06. The van der Waals surface area contributed by atoms with Gasteiger partial charge in [0, 0.05) is 18.7 Å². The topological polar surface area (TPSA) is 118 Å². The summed E-state index contributed by atoms with van der Waals surface area (Å²) in [5.41, 5.74) is 0.459. The molecule has 1 aromatic heterocycles. The molecule has 26 heavy (non-hydrogen) atoms. The maximum absolute atomic E-state index is 12.4. The summed E-state index contributed by atoms with van der Waals surface area (Å²) in [6.07, 6.45) is 3.05.